The van der Waals surface area contributed by atoms with Crippen molar-refractivity contribution in [2.24, 2.45) is 0 Å². The van der Waals surface area contributed by atoms with E-state index in [2.05, 4.69) is 25.5 Å². The number of halogens is 1. The molecule has 0 amide bonds. The minimum Gasteiger partial charge on any atom is -0.366 e. The number of rotatable bonds is 3. The SMILES string of the molecule is Cc1noc(C)c1CNc1cc(Cl)nc2ncnn12. The molecule has 0 aliphatic carbocycles. The van der Waals surface area contributed by atoms with Crippen LogP contribution in [-0.2, 0) is 6.54 Å². The van der Waals surface area contributed by atoms with Crippen LogP contribution in [0, 0.1) is 13.8 Å². The van der Waals surface area contributed by atoms with Crippen LogP contribution in [0.1, 0.15) is 17.0 Å². The van der Waals surface area contributed by atoms with Gasteiger partial charge in [0.15, 0.2) is 0 Å². The maximum absolute atomic E-state index is 5.94. The monoisotopic (exact) mass is 278 g/mol. The molecule has 0 aromatic carbocycles. The molecule has 0 radical (unpaired) electrons. The highest BCUT2D eigenvalue weighted by Crippen LogP contribution is 2.17. The molecular formula is C11H11ClN6O. The Morgan fingerprint density at radius 3 is 3.00 bits per heavy atom. The minimum atomic E-state index is 0.363. The molecule has 0 aliphatic heterocycles. The molecule has 0 saturated carbocycles. The van der Waals surface area contributed by atoms with Crippen LogP contribution in [-0.4, -0.2) is 24.7 Å². The molecule has 7 nitrogen and oxygen atoms in total. The number of anilines is 1. The van der Waals surface area contributed by atoms with Crippen molar-refractivity contribution in [2.45, 2.75) is 20.4 Å². The maximum atomic E-state index is 5.94. The molecule has 19 heavy (non-hydrogen) atoms. The molecule has 3 aromatic heterocycles. The zero-order chi connectivity index (χ0) is 13.4. The van der Waals surface area contributed by atoms with Crippen LogP contribution in [0.4, 0.5) is 5.82 Å². The van der Waals surface area contributed by atoms with Crippen molar-refractivity contribution in [1.29, 1.82) is 0 Å². The van der Waals surface area contributed by atoms with E-state index in [-0.39, 0.29) is 0 Å². The molecule has 0 saturated heterocycles. The Kier molecular flexibility index (Phi) is 2.83. The lowest BCUT2D eigenvalue weighted by Crippen LogP contribution is -2.07. The second-order valence-corrected chi connectivity index (χ2v) is 4.48. The van der Waals surface area contributed by atoms with Crippen molar-refractivity contribution in [3.8, 4) is 0 Å². The quantitative estimate of drug-likeness (QED) is 0.738. The number of nitrogens with zero attached hydrogens (tertiary/aromatic N) is 5. The van der Waals surface area contributed by atoms with E-state index in [0.717, 1.165) is 17.0 Å². The fourth-order valence-corrected chi connectivity index (χ4v) is 2.02. The first kappa shape index (κ1) is 11.9. The summed E-state index contributed by atoms with van der Waals surface area (Å²) in [5.74, 6) is 1.96. The molecule has 0 fully saturated rings. The van der Waals surface area contributed by atoms with Crippen molar-refractivity contribution >= 4 is 23.2 Å². The average Bonchev–Trinajstić information content (AvgIpc) is 2.95. The number of fused-ring (bicyclic) bond motifs is 1. The standard InChI is InChI=1S/C11H11ClN6O/c1-6-8(7(2)19-17-6)4-13-10-3-9(12)16-11-14-5-15-18(10)11/h3,5,13H,4H2,1-2H3. The van der Waals surface area contributed by atoms with Gasteiger partial charge in [-0.3, -0.25) is 0 Å². The first-order valence-electron chi connectivity index (χ1n) is 5.67. The molecule has 1 N–H and O–H groups in total. The third-order valence-corrected chi connectivity index (χ3v) is 3.04. The van der Waals surface area contributed by atoms with Crippen molar-refractivity contribution < 1.29 is 4.52 Å². The van der Waals surface area contributed by atoms with Crippen LogP contribution in [0.25, 0.3) is 5.78 Å². The molecule has 3 rings (SSSR count). The van der Waals surface area contributed by atoms with Crippen molar-refractivity contribution in [3.05, 3.63) is 34.6 Å². The minimum absolute atomic E-state index is 0.363. The lowest BCUT2D eigenvalue weighted by Gasteiger charge is -2.07. The average molecular weight is 279 g/mol. The van der Waals surface area contributed by atoms with E-state index in [1.165, 1.54) is 6.33 Å². The van der Waals surface area contributed by atoms with Gasteiger partial charge in [0.25, 0.3) is 5.78 Å². The van der Waals surface area contributed by atoms with Gasteiger partial charge in [0.05, 0.1) is 5.69 Å². The molecule has 0 bridgehead atoms. The number of nitrogens with one attached hydrogen (secondary N) is 1. The van der Waals surface area contributed by atoms with Gasteiger partial charge in [-0.15, -0.1) is 0 Å². The number of aromatic nitrogens is 5. The van der Waals surface area contributed by atoms with Crippen LogP contribution in [0.3, 0.4) is 0 Å². The van der Waals surface area contributed by atoms with Crippen LogP contribution in [0.15, 0.2) is 16.9 Å². The largest absolute Gasteiger partial charge is 0.366 e. The van der Waals surface area contributed by atoms with Crippen molar-refractivity contribution in [1.82, 2.24) is 24.7 Å². The molecule has 8 heteroatoms. The van der Waals surface area contributed by atoms with E-state index in [0.29, 0.717) is 23.3 Å². The van der Waals surface area contributed by atoms with Crippen LogP contribution in [0.2, 0.25) is 5.15 Å². The topological polar surface area (TPSA) is 81.1 Å². The fourth-order valence-electron chi connectivity index (χ4n) is 1.84. The van der Waals surface area contributed by atoms with E-state index in [1.807, 2.05) is 13.8 Å². The second-order valence-electron chi connectivity index (χ2n) is 4.09. The van der Waals surface area contributed by atoms with Crippen molar-refractivity contribution in [2.75, 3.05) is 5.32 Å². The molecule has 0 unspecified atom stereocenters. The molecular weight excluding hydrogens is 268 g/mol. The first-order valence-corrected chi connectivity index (χ1v) is 6.05. The highest BCUT2D eigenvalue weighted by Gasteiger charge is 2.11. The summed E-state index contributed by atoms with van der Waals surface area (Å²) in [6, 6.07) is 1.70. The van der Waals surface area contributed by atoms with E-state index in [1.54, 1.807) is 10.6 Å². The van der Waals surface area contributed by atoms with E-state index in [4.69, 9.17) is 16.1 Å². The molecule has 0 spiro atoms. The summed E-state index contributed by atoms with van der Waals surface area (Å²) in [5.41, 5.74) is 1.88. The maximum Gasteiger partial charge on any atom is 0.255 e. The third kappa shape index (κ3) is 2.12. The number of hydrogen-bond acceptors (Lipinski definition) is 6. The van der Waals surface area contributed by atoms with Crippen LogP contribution >= 0.6 is 11.6 Å². The smallest absolute Gasteiger partial charge is 0.255 e. The summed E-state index contributed by atoms with van der Waals surface area (Å²) in [4.78, 5) is 8.07. The summed E-state index contributed by atoms with van der Waals surface area (Å²) < 4.78 is 6.70. The first-order chi connectivity index (χ1) is 9.15. The lowest BCUT2D eigenvalue weighted by molar-refractivity contribution is 0.392. The van der Waals surface area contributed by atoms with Gasteiger partial charge < -0.3 is 9.84 Å². The van der Waals surface area contributed by atoms with Gasteiger partial charge >= 0.3 is 0 Å². The van der Waals surface area contributed by atoms with Gasteiger partial charge in [-0.05, 0) is 13.8 Å². The fraction of sp³-hybridized carbons (Fsp3) is 0.273. The lowest BCUT2D eigenvalue weighted by atomic mass is 10.2. The summed E-state index contributed by atoms with van der Waals surface area (Å²) in [6.45, 7) is 4.34. The van der Waals surface area contributed by atoms with Crippen LogP contribution < -0.4 is 5.32 Å². The van der Waals surface area contributed by atoms with Gasteiger partial charge in [0, 0.05) is 18.2 Å². The van der Waals surface area contributed by atoms with Gasteiger partial charge in [0.2, 0.25) is 0 Å². The Hall–Kier alpha value is -2.15. The van der Waals surface area contributed by atoms with Gasteiger partial charge in [-0.1, -0.05) is 16.8 Å². The van der Waals surface area contributed by atoms with Gasteiger partial charge in [-0.25, -0.2) is 0 Å². The Morgan fingerprint density at radius 2 is 2.26 bits per heavy atom. The zero-order valence-electron chi connectivity index (χ0n) is 10.4. The zero-order valence-corrected chi connectivity index (χ0v) is 11.1. The predicted octanol–water partition coefficient (Wildman–Crippen LogP) is 1.99. The van der Waals surface area contributed by atoms with Gasteiger partial charge in [-0.2, -0.15) is 19.6 Å². The summed E-state index contributed by atoms with van der Waals surface area (Å²) in [7, 11) is 0. The Balaban J connectivity index is 1.91. The van der Waals surface area contributed by atoms with E-state index in [9.17, 15) is 0 Å². The molecule has 0 atom stereocenters. The Labute approximate surface area is 113 Å². The highest BCUT2D eigenvalue weighted by atomic mass is 35.5. The molecule has 0 aliphatic rings. The Bertz CT molecular complexity index is 714. The third-order valence-electron chi connectivity index (χ3n) is 2.85. The second kappa shape index (κ2) is 4.51. The van der Waals surface area contributed by atoms with Crippen molar-refractivity contribution in [3.63, 3.8) is 0 Å². The van der Waals surface area contributed by atoms with Crippen LogP contribution in [0.5, 0.6) is 0 Å². The summed E-state index contributed by atoms with van der Waals surface area (Å²) in [5, 5.41) is 11.6. The Morgan fingerprint density at radius 1 is 1.42 bits per heavy atom. The highest BCUT2D eigenvalue weighted by molar-refractivity contribution is 6.29. The number of aryl methyl sites for hydroxylation is 2. The van der Waals surface area contributed by atoms with E-state index < -0.39 is 0 Å². The molecule has 3 heterocycles. The molecule has 98 valence electrons. The predicted molar refractivity (Wildman–Crippen MR) is 69.1 cm³/mol. The molecule has 3 aromatic rings. The summed E-state index contributed by atoms with van der Waals surface area (Å²) in [6.07, 6.45) is 1.43. The summed E-state index contributed by atoms with van der Waals surface area (Å²) >= 11 is 5.94. The van der Waals surface area contributed by atoms with Gasteiger partial charge in [0.1, 0.15) is 23.1 Å². The normalized spacial score (nSPS) is 11.1. The van der Waals surface area contributed by atoms with E-state index >= 15 is 0 Å². The number of hydrogen-bond donors (Lipinski definition) is 1.